The van der Waals surface area contributed by atoms with Gasteiger partial charge in [-0.3, -0.25) is 0 Å². The molecular weight excluding hydrogens is 110 g/mol. The summed E-state index contributed by atoms with van der Waals surface area (Å²) in [6.07, 6.45) is 2.12. The maximum absolute atomic E-state index is 2.18. The fourth-order valence-corrected chi connectivity index (χ4v) is 1.98. The van der Waals surface area contributed by atoms with Crippen LogP contribution in [0.5, 0.6) is 0 Å². The second-order valence-corrected chi connectivity index (χ2v) is 3.46. The number of allylic oxidation sites excluding steroid dienone is 1. The second kappa shape index (κ2) is 2.50. The van der Waals surface area contributed by atoms with Crippen molar-refractivity contribution in [2.75, 3.05) is 5.90 Å². The van der Waals surface area contributed by atoms with Crippen molar-refractivity contribution < 1.29 is 0 Å². The SMILES string of the molecule is C1=C[P]CP=C1. The molecule has 0 atom stereocenters. The summed E-state index contributed by atoms with van der Waals surface area (Å²) in [5.41, 5.74) is 0. The van der Waals surface area contributed by atoms with E-state index in [0.717, 1.165) is 0 Å². The number of hydrogen-bond donors (Lipinski definition) is 0. The predicted molar refractivity (Wildman–Crippen MR) is 33.9 cm³/mol. The van der Waals surface area contributed by atoms with E-state index in [0.29, 0.717) is 0 Å². The molecule has 31 valence electrons. The Balaban J connectivity index is 2.46. The Bertz CT molecular complexity index is 71.5. The zero-order chi connectivity index (χ0) is 4.24. The fraction of sp³-hybridized carbons (Fsp3) is 0.250. The van der Waals surface area contributed by atoms with E-state index in [1.54, 1.807) is 0 Å². The Labute approximate surface area is 41.2 Å². The predicted octanol–water partition coefficient (Wildman–Crippen LogP) is 2.17. The molecule has 1 rings (SSSR count). The Kier molecular flexibility index (Phi) is 1.88. The molecule has 0 nitrogen and oxygen atoms in total. The first-order valence-electron chi connectivity index (χ1n) is 1.82. The van der Waals surface area contributed by atoms with E-state index in [1.807, 2.05) is 0 Å². The van der Waals surface area contributed by atoms with E-state index in [2.05, 4.69) is 17.7 Å². The molecule has 1 heterocycles. The normalized spacial score (nSPS) is 25.3. The number of hydrogen-bond acceptors (Lipinski definition) is 0. The number of rotatable bonds is 0. The lowest BCUT2D eigenvalue weighted by Crippen LogP contribution is -1.61. The van der Waals surface area contributed by atoms with Crippen molar-refractivity contribution in [3.63, 3.8) is 0 Å². The topological polar surface area (TPSA) is 0 Å². The van der Waals surface area contributed by atoms with Gasteiger partial charge >= 0.3 is 0 Å². The summed E-state index contributed by atoms with van der Waals surface area (Å²) >= 11 is 0. The van der Waals surface area contributed by atoms with E-state index in [1.165, 1.54) is 22.7 Å². The van der Waals surface area contributed by atoms with E-state index >= 15 is 0 Å². The first-order chi connectivity index (χ1) is 3.00. The third-order valence-corrected chi connectivity index (χ3v) is 2.62. The van der Waals surface area contributed by atoms with Crippen molar-refractivity contribution in [2.24, 2.45) is 0 Å². The molecule has 0 aromatic rings. The van der Waals surface area contributed by atoms with Gasteiger partial charge in [0.25, 0.3) is 0 Å². The average Bonchev–Trinajstić information content (AvgIpc) is 1.72. The van der Waals surface area contributed by atoms with Gasteiger partial charge in [0.2, 0.25) is 0 Å². The van der Waals surface area contributed by atoms with Crippen LogP contribution in [0.3, 0.4) is 0 Å². The molecule has 6 heavy (non-hydrogen) atoms. The standard InChI is InChI=1S/C4H5P2/c1-2-5-4-6-3-1/h1-3H,4H2. The first-order valence-corrected chi connectivity index (χ1v) is 4.11. The van der Waals surface area contributed by atoms with Crippen LogP contribution >= 0.6 is 16.8 Å². The molecule has 1 radical (unpaired) electrons. The van der Waals surface area contributed by atoms with Gasteiger partial charge in [-0.05, 0) is 14.4 Å². The van der Waals surface area contributed by atoms with Gasteiger partial charge in [0.1, 0.15) is 0 Å². The molecule has 1 aliphatic heterocycles. The smallest absolute Gasteiger partial charge is 0.0174 e. The van der Waals surface area contributed by atoms with Crippen LogP contribution < -0.4 is 0 Å². The molecular formula is C4H5P2. The third kappa shape index (κ3) is 1.20. The summed E-state index contributed by atoms with van der Waals surface area (Å²) in [5.74, 6) is 5.66. The highest BCUT2D eigenvalue weighted by Crippen LogP contribution is 2.21. The average molecular weight is 115 g/mol. The maximum atomic E-state index is 2.18. The molecule has 0 spiro atoms. The minimum absolute atomic E-state index is 1.30. The van der Waals surface area contributed by atoms with Crippen LogP contribution in [0.2, 0.25) is 0 Å². The lowest BCUT2D eigenvalue weighted by atomic mass is 10.8. The van der Waals surface area contributed by atoms with Crippen molar-refractivity contribution >= 4 is 22.6 Å². The van der Waals surface area contributed by atoms with Crippen LogP contribution in [0.15, 0.2) is 11.9 Å². The van der Waals surface area contributed by atoms with E-state index in [4.69, 9.17) is 0 Å². The zero-order valence-electron chi connectivity index (χ0n) is 3.33. The van der Waals surface area contributed by atoms with E-state index in [-0.39, 0.29) is 0 Å². The van der Waals surface area contributed by atoms with Crippen LogP contribution in [0.25, 0.3) is 0 Å². The molecule has 0 aromatic carbocycles. The Morgan fingerprint density at radius 1 is 1.50 bits per heavy atom. The van der Waals surface area contributed by atoms with Crippen molar-refractivity contribution in [1.82, 2.24) is 0 Å². The summed E-state index contributed by atoms with van der Waals surface area (Å²) < 4.78 is 0. The van der Waals surface area contributed by atoms with Crippen LogP contribution in [-0.2, 0) is 0 Å². The van der Waals surface area contributed by atoms with Crippen LogP contribution in [0, 0.1) is 0 Å². The summed E-state index contributed by atoms with van der Waals surface area (Å²) in [4.78, 5) is 0. The zero-order valence-corrected chi connectivity index (χ0v) is 5.12. The summed E-state index contributed by atoms with van der Waals surface area (Å²) in [7, 11) is 2.95. The molecule has 0 saturated heterocycles. The molecule has 0 N–H and O–H groups in total. The van der Waals surface area contributed by atoms with Crippen LogP contribution in [0.4, 0.5) is 0 Å². The quantitative estimate of drug-likeness (QED) is 0.424. The van der Waals surface area contributed by atoms with E-state index < -0.39 is 0 Å². The first kappa shape index (κ1) is 4.50. The maximum Gasteiger partial charge on any atom is 0.0174 e. The van der Waals surface area contributed by atoms with Gasteiger partial charge in [0.05, 0.1) is 0 Å². The van der Waals surface area contributed by atoms with Gasteiger partial charge in [-0.1, -0.05) is 20.1 Å². The van der Waals surface area contributed by atoms with Gasteiger partial charge in [-0.2, -0.15) is 0 Å². The molecule has 0 aromatic heterocycles. The monoisotopic (exact) mass is 115 g/mol. The summed E-state index contributed by atoms with van der Waals surface area (Å²) in [6, 6.07) is 0. The molecule has 0 bridgehead atoms. The Morgan fingerprint density at radius 3 is 2.67 bits per heavy atom. The minimum Gasteiger partial charge on any atom is -0.0991 e. The molecule has 0 aliphatic carbocycles. The van der Waals surface area contributed by atoms with Crippen molar-refractivity contribution in [3.8, 4) is 0 Å². The van der Waals surface area contributed by atoms with Gasteiger partial charge in [0, 0.05) is 5.90 Å². The lowest BCUT2D eigenvalue weighted by molar-refractivity contribution is 2.20. The van der Waals surface area contributed by atoms with Crippen LogP contribution in [-0.4, -0.2) is 11.7 Å². The molecule has 0 unspecified atom stereocenters. The van der Waals surface area contributed by atoms with E-state index in [9.17, 15) is 0 Å². The molecule has 1 aliphatic rings. The Morgan fingerprint density at radius 2 is 2.50 bits per heavy atom. The highest BCUT2D eigenvalue weighted by Gasteiger charge is 1.79. The second-order valence-electron chi connectivity index (χ2n) is 0.997. The lowest BCUT2D eigenvalue weighted by Gasteiger charge is -1.86. The fourth-order valence-electron chi connectivity index (χ4n) is 0.302. The molecule has 0 saturated carbocycles. The van der Waals surface area contributed by atoms with Crippen molar-refractivity contribution in [2.45, 2.75) is 0 Å². The van der Waals surface area contributed by atoms with Gasteiger partial charge in [-0.15, -0.1) is 0 Å². The molecule has 0 fully saturated rings. The van der Waals surface area contributed by atoms with Crippen LogP contribution in [0.1, 0.15) is 0 Å². The largest absolute Gasteiger partial charge is 0.0991 e. The van der Waals surface area contributed by atoms with Gasteiger partial charge < -0.3 is 0 Å². The van der Waals surface area contributed by atoms with Crippen molar-refractivity contribution in [3.05, 3.63) is 11.9 Å². The van der Waals surface area contributed by atoms with Crippen molar-refractivity contribution in [1.29, 1.82) is 0 Å². The highest BCUT2D eigenvalue weighted by atomic mass is 31.1. The van der Waals surface area contributed by atoms with Gasteiger partial charge in [-0.25, -0.2) is 0 Å². The summed E-state index contributed by atoms with van der Waals surface area (Å²) in [5, 5.41) is 0. The van der Waals surface area contributed by atoms with Gasteiger partial charge in [0.15, 0.2) is 0 Å². The Hall–Kier alpha value is 0.340. The molecule has 0 amide bonds. The highest BCUT2D eigenvalue weighted by molar-refractivity contribution is 7.58. The third-order valence-electron chi connectivity index (χ3n) is 0.546. The summed E-state index contributed by atoms with van der Waals surface area (Å²) in [6.45, 7) is 0. The minimum atomic E-state index is 1.30. The molecule has 2 heteroatoms.